The number of halogens is 2. The molecule has 0 radical (unpaired) electrons. The standard InChI is InChI=1S/C15H17Cl2N3OS/c16-11-5-10-8-20(7-9-1-3-21-4-2-9)22-19-14(10)15-13(11)12(17)6-18-15/h5-6,9,18-19H,1-4,7-8H2. The molecule has 0 aliphatic carbocycles. The van der Waals surface area contributed by atoms with Gasteiger partial charge >= 0.3 is 0 Å². The van der Waals surface area contributed by atoms with Crippen LogP contribution in [-0.2, 0) is 11.3 Å². The first-order chi connectivity index (χ1) is 10.7. The SMILES string of the molecule is Clc1c[nH]c2c3c(cc(Cl)c12)CN(CC1CCOCC1)SN3. The molecule has 0 amide bonds. The predicted octanol–water partition coefficient (Wildman–Crippen LogP) is 4.69. The Morgan fingerprint density at radius 2 is 2.09 bits per heavy atom. The Kier molecular flexibility index (Phi) is 4.17. The summed E-state index contributed by atoms with van der Waals surface area (Å²) in [5, 5.41) is 2.27. The second kappa shape index (κ2) is 6.13. The number of fused-ring (bicyclic) bond motifs is 3. The Morgan fingerprint density at radius 3 is 2.91 bits per heavy atom. The molecular formula is C15H17Cl2N3OS. The Hall–Kier alpha value is -0.590. The Morgan fingerprint density at radius 1 is 1.27 bits per heavy atom. The number of anilines is 1. The number of nitrogens with zero attached hydrogens (tertiary/aromatic N) is 1. The van der Waals surface area contributed by atoms with Crippen molar-refractivity contribution in [3.63, 3.8) is 0 Å². The van der Waals surface area contributed by atoms with Crippen molar-refractivity contribution in [1.82, 2.24) is 9.29 Å². The fraction of sp³-hybridized carbons (Fsp3) is 0.467. The Bertz CT molecular complexity index is 700. The normalized spacial score (nSPS) is 20.1. The minimum Gasteiger partial charge on any atom is -0.381 e. The zero-order chi connectivity index (χ0) is 15.1. The molecule has 2 N–H and O–H groups in total. The number of aromatic amines is 1. The minimum atomic E-state index is 0.666. The quantitative estimate of drug-likeness (QED) is 0.764. The summed E-state index contributed by atoms with van der Waals surface area (Å²) in [6.45, 7) is 3.74. The molecule has 0 atom stereocenters. The number of benzene rings is 1. The molecule has 4 nitrogen and oxygen atoms in total. The summed E-state index contributed by atoms with van der Waals surface area (Å²) in [5.41, 5.74) is 3.30. The van der Waals surface area contributed by atoms with E-state index in [-0.39, 0.29) is 0 Å². The fourth-order valence-electron chi connectivity index (χ4n) is 3.18. The van der Waals surface area contributed by atoms with Crippen molar-refractivity contribution in [3.05, 3.63) is 27.9 Å². The van der Waals surface area contributed by atoms with Crippen molar-refractivity contribution in [2.75, 3.05) is 24.5 Å². The van der Waals surface area contributed by atoms with E-state index < -0.39 is 0 Å². The van der Waals surface area contributed by atoms with E-state index in [0.717, 1.165) is 55.7 Å². The van der Waals surface area contributed by atoms with Crippen LogP contribution in [0.15, 0.2) is 12.3 Å². The minimum absolute atomic E-state index is 0.666. The molecule has 22 heavy (non-hydrogen) atoms. The summed E-state index contributed by atoms with van der Waals surface area (Å²) in [4.78, 5) is 3.23. The third-order valence-corrected chi connectivity index (χ3v) is 5.80. The van der Waals surface area contributed by atoms with Gasteiger partial charge in [-0.05, 0) is 30.4 Å². The molecule has 2 aromatic rings. The largest absolute Gasteiger partial charge is 0.381 e. The molecule has 118 valence electrons. The van der Waals surface area contributed by atoms with Crippen LogP contribution in [0.3, 0.4) is 0 Å². The molecule has 0 spiro atoms. The third kappa shape index (κ3) is 2.69. The van der Waals surface area contributed by atoms with Gasteiger partial charge in [-0.3, -0.25) is 0 Å². The molecule has 2 aliphatic heterocycles. The highest BCUT2D eigenvalue weighted by Gasteiger charge is 2.25. The summed E-state index contributed by atoms with van der Waals surface area (Å²) in [6.07, 6.45) is 4.09. The van der Waals surface area contributed by atoms with Crippen LogP contribution < -0.4 is 4.72 Å². The molecule has 1 saturated heterocycles. The lowest BCUT2D eigenvalue weighted by Gasteiger charge is -2.32. The van der Waals surface area contributed by atoms with Crippen LogP contribution in [0.1, 0.15) is 18.4 Å². The van der Waals surface area contributed by atoms with Gasteiger partial charge in [0.1, 0.15) is 0 Å². The lowest BCUT2D eigenvalue weighted by Crippen LogP contribution is -2.31. The van der Waals surface area contributed by atoms with Crippen molar-refractivity contribution in [3.8, 4) is 0 Å². The van der Waals surface area contributed by atoms with E-state index in [2.05, 4.69) is 14.0 Å². The number of ether oxygens (including phenoxy) is 1. The number of hydrogen-bond donors (Lipinski definition) is 2. The maximum absolute atomic E-state index is 6.41. The van der Waals surface area contributed by atoms with E-state index in [0.29, 0.717) is 16.0 Å². The van der Waals surface area contributed by atoms with Gasteiger partial charge in [0.15, 0.2) is 0 Å². The van der Waals surface area contributed by atoms with Gasteiger partial charge in [0, 0.05) is 50.0 Å². The highest BCUT2D eigenvalue weighted by Crippen LogP contribution is 2.41. The lowest BCUT2D eigenvalue weighted by molar-refractivity contribution is 0.0609. The number of H-pyrrole nitrogens is 1. The maximum Gasteiger partial charge on any atom is 0.0742 e. The summed E-state index contributed by atoms with van der Waals surface area (Å²) in [7, 11) is 0. The van der Waals surface area contributed by atoms with E-state index in [1.807, 2.05) is 6.07 Å². The zero-order valence-corrected chi connectivity index (χ0v) is 14.3. The van der Waals surface area contributed by atoms with Crippen molar-refractivity contribution in [1.29, 1.82) is 0 Å². The first-order valence-electron chi connectivity index (χ1n) is 7.46. The van der Waals surface area contributed by atoms with Crippen LogP contribution in [0.4, 0.5) is 5.69 Å². The number of rotatable bonds is 2. The zero-order valence-electron chi connectivity index (χ0n) is 12.0. The molecule has 4 rings (SSSR count). The molecule has 7 heteroatoms. The van der Waals surface area contributed by atoms with Crippen LogP contribution in [0.2, 0.25) is 10.0 Å². The average molecular weight is 358 g/mol. The molecular weight excluding hydrogens is 341 g/mol. The van der Waals surface area contributed by atoms with Crippen LogP contribution in [0.25, 0.3) is 10.9 Å². The number of nitrogens with one attached hydrogen (secondary N) is 2. The van der Waals surface area contributed by atoms with E-state index in [1.165, 1.54) is 5.56 Å². The van der Waals surface area contributed by atoms with Gasteiger partial charge in [0.05, 0.1) is 21.2 Å². The topological polar surface area (TPSA) is 40.3 Å². The highest BCUT2D eigenvalue weighted by atomic mass is 35.5. The monoisotopic (exact) mass is 357 g/mol. The number of aromatic nitrogens is 1. The molecule has 1 aromatic heterocycles. The first-order valence-corrected chi connectivity index (χ1v) is 8.99. The molecule has 0 bridgehead atoms. The van der Waals surface area contributed by atoms with E-state index in [4.69, 9.17) is 27.9 Å². The molecule has 1 aromatic carbocycles. The first kappa shape index (κ1) is 15.0. The van der Waals surface area contributed by atoms with Gasteiger partial charge < -0.3 is 14.4 Å². The average Bonchev–Trinajstić information content (AvgIpc) is 2.91. The fourth-order valence-corrected chi connectivity index (χ4v) is 4.75. The van der Waals surface area contributed by atoms with E-state index >= 15 is 0 Å². The van der Waals surface area contributed by atoms with Crippen molar-refractivity contribution >= 4 is 51.9 Å². The maximum atomic E-state index is 6.41. The van der Waals surface area contributed by atoms with Crippen LogP contribution in [0.5, 0.6) is 0 Å². The summed E-state index contributed by atoms with van der Waals surface area (Å²) in [5.74, 6) is 0.712. The summed E-state index contributed by atoms with van der Waals surface area (Å²) < 4.78 is 11.3. The molecule has 0 unspecified atom stereocenters. The van der Waals surface area contributed by atoms with E-state index in [1.54, 1.807) is 18.3 Å². The van der Waals surface area contributed by atoms with Crippen LogP contribution in [-0.4, -0.2) is 29.0 Å². The smallest absolute Gasteiger partial charge is 0.0742 e. The van der Waals surface area contributed by atoms with Crippen molar-refractivity contribution < 1.29 is 4.74 Å². The second-order valence-corrected chi connectivity index (χ2v) is 7.57. The highest BCUT2D eigenvalue weighted by molar-refractivity contribution is 7.98. The molecule has 2 aliphatic rings. The van der Waals surface area contributed by atoms with Gasteiger partial charge in [-0.1, -0.05) is 23.2 Å². The molecule has 0 saturated carbocycles. The second-order valence-electron chi connectivity index (χ2n) is 5.85. The summed E-state index contributed by atoms with van der Waals surface area (Å²) >= 11 is 14.3. The molecule has 3 heterocycles. The van der Waals surface area contributed by atoms with Gasteiger partial charge in [-0.15, -0.1) is 0 Å². The van der Waals surface area contributed by atoms with Gasteiger partial charge in [-0.2, -0.15) is 0 Å². The van der Waals surface area contributed by atoms with Gasteiger partial charge in [-0.25, -0.2) is 4.31 Å². The van der Waals surface area contributed by atoms with E-state index in [9.17, 15) is 0 Å². The Labute approximate surface area is 143 Å². The van der Waals surface area contributed by atoms with Gasteiger partial charge in [0.2, 0.25) is 0 Å². The number of hydrogen-bond acceptors (Lipinski definition) is 4. The predicted molar refractivity (Wildman–Crippen MR) is 93.5 cm³/mol. The summed E-state index contributed by atoms with van der Waals surface area (Å²) in [6, 6.07) is 2.03. The van der Waals surface area contributed by atoms with Gasteiger partial charge in [0.25, 0.3) is 0 Å². The molecule has 1 fully saturated rings. The third-order valence-electron chi connectivity index (χ3n) is 4.37. The Balaban J connectivity index is 1.58. The van der Waals surface area contributed by atoms with Crippen LogP contribution >= 0.6 is 35.3 Å². The van der Waals surface area contributed by atoms with Crippen LogP contribution in [0, 0.1) is 5.92 Å². The van der Waals surface area contributed by atoms with Crippen molar-refractivity contribution in [2.24, 2.45) is 5.92 Å². The lowest BCUT2D eigenvalue weighted by atomic mass is 10.0. The van der Waals surface area contributed by atoms with Crippen molar-refractivity contribution in [2.45, 2.75) is 19.4 Å².